The van der Waals surface area contributed by atoms with Crippen LogP contribution in [0.1, 0.15) is 50.7 Å². The molecule has 1 aromatic carbocycles. The highest BCUT2D eigenvalue weighted by molar-refractivity contribution is 5.25. The van der Waals surface area contributed by atoms with E-state index in [2.05, 4.69) is 18.7 Å². The molecule has 0 bridgehead atoms. The summed E-state index contributed by atoms with van der Waals surface area (Å²) < 4.78 is 13.4. The van der Waals surface area contributed by atoms with Gasteiger partial charge in [0, 0.05) is 18.7 Å². The van der Waals surface area contributed by atoms with Crippen molar-refractivity contribution in [1.29, 1.82) is 0 Å². The highest BCUT2D eigenvalue weighted by Gasteiger charge is 2.07. The molecule has 0 unspecified atom stereocenters. The number of halogens is 1. The molecule has 0 heterocycles. The summed E-state index contributed by atoms with van der Waals surface area (Å²) in [5, 5.41) is 0. The Labute approximate surface area is 116 Å². The van der Waals surface area contributed by atoms with Gasteiger partial charge in [0.05, 0.1) is 0 Å². The van der Waals surface area contributed by atoms with Gasteiger partial charge >= 0.3 is 0 Å². The van der Waals surface area contributed by atoms with E-state index < -0.39 is 0 Å². The second-order valence-corrected chi connectivity index (χ2v) is 5.11. The third-order valence-corrected chi connectivity index (χ3v) is 3.39. The molecule has 0 saturated carbocycles. The first kappa shape index (κ1) is 16.1. The maximum absolute atomic E-state index is 13.4. The Hall–Kier alpha value is -0.930. The van der Waals surface area contributed by atoms with Crippen molar-refractivity contribution >= 4 is 0 Å². The third-order valence-electron chi connectivity index (χ3n) is 3.39. The van der Waals surface area contributed by atoms with Gasteiger partial charge in [0.1, 0.15) is 5.82 Å². The average molecular weight is 266 g/mol. The molecule has 2 N–H and O–H groups in total. The summed E-state index contributed by atoms with van der Waals surface area (Å²) >= 11 is 0. The first-order valence-corrected chi connectivity index (χ1v) is 7.41. The van der Waals surface area contributed by atoms with Gasteiger partial charge in [-0.25, -0.2) is 4.39 Å². The molecule has 19 heavy (non-hydrogen) atoms. The van der Waals surface area contributed by atoms with E-state index in [1.807, 2.05) is 12.1 Å². The molecule has 0 fully saturated rings. The molecule has 108 valence electrons. The van der Waals surface area contributed by atoms with Gasteiger partial charge in [-0.3, -0.25) is 4.90 Å². The summed E-state index contributed by atoms with van der Waals surface area (Å²) in [6, 6.07) is 5.31. The number of hydrogen-bond acceptors (Lipinski definition) is 2. The van der Waals surface area contributed by atoms with Crippen molar-refractivity contribution in [2.75, 3.05) is 13.1 Å². The van der Waals surface area contributed by atoms with E-state index >= 15 is 0 Å². The molecular weight excluding hydrogens is 239 g/mol. The molecule has 0 aliphatic heterocycles. The van der Waals surface area contributed by atoms with E-state index in [-0.39, 0.29) is 12.4 Å². The lowest BCUT2D eigenvalue weighted by Gasteiger charge is -2.22. The van der Waals surface area contributed by atoms with Gasteiger partial charge in [-0.2, -0.15) is 0 Å². The predicted molar refractivity (Wildman–Crippen MR) is 79.4 cm³/mol. The minimum absolute atomic E-state index is 0.195. The smallest absolute Gasteiger partial charge is 0.127 e. The second-order valence-electron chi connectivity index (χ2n) is 5.11. The van der Waals surface area contributed by atoms with Gasteiger partial charge in [0.15, 0.2) is 0 Å². The highest BCUT2D eigenvalue weighted by Crippen LogP contribution is 2.13. The van der Waals surface area contributed by atoms with Crippen LogP contribution in [0, 0.1) is 5.82 Å². The number of unbranched alkanes of at least 4 members (excludes halogenated alkanes) is 2. The zero-order valence-corrected chi connectivity index (χ0v) is 12.3. The zero-order valence-electron chi connectivity index (χ0n) is 12.3. The summed E-state index contributed by atoms with van der Waals surface area (Å²) in [5.74, 6) is -0.195. The number of benzene rings is 1. The Balaban J connectivity index is 2.65. The van der Waals surface area contributed by atoms with Crippen molar-refractivity contribution in [2.24, 2.45) is 5.73 Å². The van der Waals surface area contributed by atoms with Crippen molar-refractivity contribution in [1.82, 2.24) is 4.90 Å². The second kappa shape index (κ2) is 9.05. The first-order chi connectivity index (χ1) is 9.21. The Bertz CT molecular complexity index is 358. The predicted octanol–water partition coefficient (Wildman–Crippen LogP) is 3.69. The molecule has 1 rings (SSSR count). The van der Waals surface area contributed by atoms with Crippen molar-refractivity contribution in [2.45, 2.75) is 52.6 Å². The fraction of sp³-hybridized carbons (Fsp3) is 0.625. The molecule has 0 spiro atoms. The molecule has 0 aromatic heterocycles. The van der Waals surface area contributed by atoms with Crippen LogP contribution in [-0.2, 0) is 13.1 Å². The minimum Gasteiger partial charge on any atom is -0.326 e. The van der Waals surface area contributed by atoms with Crippen molar-refractivity contribution in [3.63, 3.8) is 0 Å². The largest absolute Gasteiger partial charge is 0.326 e. The van der Waals surface area contributed by atoms with Crippen molar-refractivity contribution in [3.05, 3.63) is 35.1 Å². The maximum Gasteiger partial charge on any atom is 0.127 e. The quantitative estimate of drug-likeness (QED) is 0.738. The Morgan fingerprint density at radius 2 is 1.74 bits per heavy atom. The summed E-state index contributed by atoms with van der Waals surface area (Å²) in [5.41, 5.74) is 7.33. The molecule has 0 aliphatic carbocycles. The summed E-state index contributed by atoms with van der Waals surface area (Å²) in [6.45, 7) is 7.82. The van der Waals surface area contributed by atoms with Crippen LogP contribution in [0.2, 0.25) is 0 Å². The number of rotatable bonds is 9. The average Bonchev–Trinajstić information content (AvgIpc) is 2.43. The van der Waals surface area contributed by atoms with E-state index in [9.17, 15) is 4.39 Å². The molecule has 0 atom stereocenters. The highest BCUT2D eigenvalue weighted by atomic mass is 19.1. The van der Waals surface area contributed by atoms with Gasteiger partial charge in [-0.05, 0) is 37.6 Å². The molecule has 0 amide bonds. The van der Waals surface area contributed by atoms with Crippen molar-refractivity contribution in [3.8, 4) is 0 Å². The lowest BCUT2D eigenvalue weighted by molar-refractivity contribution is 0.257. The van der Waals surface area contributed by atoms with Gasteiger partial charge in [-0.15, -0.1) is 0 Å². The Kier molecular flexibility index (Phi) is 7.68. The maximum atomic E-state index is 13.4. The van der Waals surface area contributed by atoms with Crippen LogP contribution in [0.25, 0.3) is 0 Å². The number of hydrogen-bond donors (Lipinski definition) is 1. The molecule has 3 heteroatoms. The SMILES string of the molecule is CCCCN(CCCC)Cc1ccc(F)c(CN)c1. The van der Waals surface area contributed by atoms with Gasteiger partial charge in [0.2, 0.25) is 0 Å². The fourth-order valence-electron chi connectivity index (χ4n) is 2.17. The van der Waals surface area contributed by atoms with Crippen LogP contribution < -0.4 is 5.73 Å². The number of nitrogens with two attached hydrogens (primary N) is 1. The van der Waals surface area contributed by atoms with Crippen LogP contribution in [-0.4, -0.2) is 18.0 Å². The number of nitrogens with zero attached hydrogens (tertiary/aromatic N) is 1. The summed E-state index contributed by atoms with van der Waals surface area (Å²) in [6.07, 6.45) is 4.85. The molecule has 0 radical (unpaired) electrons. The Morgan fingerprint density at radius 1 is 1.11 bits per heavy atom. The summed E-state index contributed by atoms with van der Waals surface area (Å²) in [4.78, 5) is 2.46. The van der Waals surface area contributed by atoms with E-state index in [1.165, 1.54) is 31.7 Å². The van der Waals surface area contributed by atoms with E-state index in [1.54, 1.807) is 0 Å². The van der Waals surface area contributed by atoms with Gasteiger partial charge in [-0.1, -0.05) is 38.8 Å². The molecule has 0 saturated heterocycles. The topological polar surface area (TPSA) is 29.3 Å². The zero-order chi connectivity index (χ0) is 14.1. The van der Waals surface area contributed by atoms with Crippen molar-refractivity contribution < 1.29 is 4.39 Å². The van der Waals surface area contributed by atoms with Crippen LogP contribution in [0.4, 0.5) is 4.39 Å². The molecular formula is C16H27FN2. The van der Waals surface area contributed by atoms with E-state index in [0.29, 0.717) is 5.56 Å². The summed E-state index contributed by atoms with van der Waals surface area (Å²) in [7, 11) is 0. The third kappa shape index (κ3) is 5.70. The first-order valence-electron chi connectivity index (χ1n) is 7.41. The molecule has 2 nitrogen and oxygen atoms in total. The van der Waals surface area contributed by atoms with Gasteiger partial charge in [0.25, 0.3) is 0 Å². The molecule has 1 aromatic rings. The van der Waals surface area contributed by atoms with E-state index in [0.717, 1.165) is 25.2 Å². The van der Waals surface area contributed by atoms with Crippen LogP contribution in [0.15, 0.2) is 18.2 Å². The van der Waals surface area contributed by atoms with Crippen LogP contribution >= 0.6 is 0 Å². The normalized spacial score (nSPS) is 11.2. The van der Waals surface area contributed by atoms with E-state index in [4.69, 9.17) is 5.73 Å². The Morgan fingerprint density at radius 3 is 2.26 bits per heavy atom. The minimum atomic E-state index is -0.195. The van der Waals surface area contributed by atoms with Crippen LogP contribution in [0.5, 0.6) is 0 Å². The molecule has 0 aliphatic rings. The fourth-order valence-corrected chi connectivity index (χ4v) is 2.17. The standard InChI is InChI=1S/C16H27FN2/c1-3-5-9-19(10-6-4-2)13-14-7-8-16(17)15(11-14)12-18/h7-8,11H,3-6,9-10,12-13,18H2,1-2H3. The monoisotopic (exact) mass is 266 g/mol. The van der Waals surface area contributed by atoms with Crippen LogP contribution in [0.3, 0.4) is 0 Å². The lowest BCUT2D eigenvalue weighted by Crippen LogP contribution is -2.25. The lowest BCUT2D eigenvalue weighted by atomic mass is 10.1. The van der Waals surface area contributed by atoms with Gasteiger partial charge < -0.3 is 5.73 Å².